The molecule has 3 nitrogen and oxygen atoms in total. The average molecular weight is 308 g/mol. The Morgan fingerprint density at radius 3 is 2.89 bits per heavy atom. The number of aromatic nitrogens is 1. The van der Waals surface area contributed by atoms with E-state index in [0.29, 0.717) is 11.4 Å². The maximum absolute atomic E-state index is 11.8. The standard InChI is InChI=1S/C11H11F3N2OS2/c12-11(13,14)6-17-3-4-18-10-16-8-2-1-7(15)5-9(8)19-10/h1-2,5H,3-4,6,15H2. The van der Waals surface area contributed by atoms with Crippen LogP contribution in [-0.2, 0) is 4.74 Å². The molecule has 104 valence electrons. The normalized spacial score (nSPS) is 12.2. The lowest BCUT2D eigenvalue weighted by atomic mass is 10.3. The molecule has 0 saturated heterocycles. The Labute approximate surface area is 116 Å². The summed E-state index contributed by atoms with van der Waals surface area (Å²) < 4.78 is 41.8. The number of hydrogen-bond donors (Lipinski definition) is 1. The molecular formula is C11H11F3N2OS2. The van der Waals surface area contributed by atoms with Crippen molar-refractivity contribution >= 4 is 39.0 Å². The van der Waals surface area contributed by atoms with Gasteiger partial charge < -0.3 is 10.5 Å². The zero-order valence-electron chi connectivity index (χ0n) is 9.74. The predicted octanol–water partition coefficient (Wildman–Crippen LogP) is 3.55. The molecule has 0 bridgehead atoms. The predicted molar refractivity (Wildman–Crippen MR) is 71.6 cm³/mol. The molecule has 0 spiro atoms. The lowest BCUT2D eigenvalue weighted by Gasteiger charge is -2.06. The highest BCUT2D eigenvalue weighted by Gasteiger charge is 2.27. The molecule has 1 heterocycles. The number of anilines is 1. The van der Waals surface area contributed by atoms with Crippen LogP contribution in [0.3, 0.4) is 0 Å². The van der Waals surface area contributed by atoms with Gasteiger partial charge in [0.25, 0.3) is 0 Å². The Balaban J connectivity index is 1.82. The first-order chi connectivity index (χ1) is 8.94. The number of thiazole rings is 1. The first-order valence-corrected chi connectivity index (χ1v) is 7.17. The summed E-state index contributed by atoms with van der Waals surface area (Å²) in [6, 6.07) is 5.42. The van der Waals surface area contributed by atoms with Gasteiger partial charge in [-0.15, -0.1) is 11.3 Å². The molecule has 2 aromatic rings. The van der Waals surface area contributed by atoms with Gasteiger partial charge in [0.15, 0.2) is 4.34 Å². The highest BCUT2D eigenvalue weighted by atomic mass is 32.2. The van der Waals surface area contributed by atoms with E-state index >= 15 is 0 Å². The zero-order valence-corrected chi connectivity index (χ0v) is 11.4. The molecule has 0 aliphatic carbocycles. The van der Waals surface area contributed by atoms with Gasteiger partial charge in [0, 0.05) is 11.4 Å². The Kier molecular flexibility index (Phi) is 4.54. The first kappa shape index (κ1) is 14.4. The third kappa shape index (κ3) is 4.55. The third-order valence-electron chi connectivity index (χ3n) is 2.11. The molecule has 1 aromatic heterocycles. The van der Waals surface area contributed by atoms with Crippen LogP contribution >= 0.6 is 23.1 Å². The van der Waals surface area contributed by atoms with Crippen LogP contribution in [0.2, 0.25) is 0 Å². The topological polar surface area (TPSA) is 48.1 Å². The number of nitrogens with zero attached hydrogens (tertiary/aromatic N) is 1. The van der Waals surface area contributed by atoms with Crippen LogP contribution in [0.1, 0.15) is 0 Å². The van der Waals surface area contributed by atoms with E-state index in [1.807, 2.05) is 12.1 Å². The molecule has 19 heavy (non-hydrogen) atoms. The molecule has 8 heteroatoms. The van der Waals surface area contributed by atoms with Gasteiger partial charge in [-0.3, -0.25) is 0 Å². The molecule has 0 saturated carbocycles. The summed E-state index contributed by atoms with van der Waals surface area (Å²) in [6.07, 6.45) is -4.27. The fourth-order valence-corrected chi connectivity index (χ4v) is 3.40. The Hall–Kier alpha value is -0.990. The number of nitrogen functional groups attached to an aromatic ring is 1. The van der Waals surface area contributed by atoms with Crippen LogP contribution in [0, 0.1) is 0 Å². The van der Waals surface area contributed by atoms with Gasteiger partial charge >= 0.3 is 6.18 Å². The van der Waals surface area contributed by atoms with E-state index in [1.54, 1.807) is 6.07 Å². The van der Waals surface area contributed by atoms with Crippen molar-refractivity contribution in [2.45, 2.75) is 10.5 Å². The molecule has 0 fully saturated rings. The minimum atomic E-state index is -4.27. The monoisotopic (exact) mass is 308 g/mol. The van der Waals surface area contributed by atoms with Gasteiger partial charge in [0.1, 0.15) is 6.61 Å². The van der Waals surface area contributed by atoms with Gasteiger partial charge in [-0.2, -0.15) is 13.2 Å². The fourth-order valence-electron chi connectivity index (χ4n) is 1.36. The number of halogens is 3. The van der Waals surface area contributed by atoms with Gasteiger partial charge in [0.05, 0.1) is 16.8 Å². The van der Waals surface area contributed by atoms with Crippen LogP contribution in [0.25, 0.3) is 10.2 Å². The van der Waals surface area contributed by atoms with Crippen LogP contribution in [0.15, 0.2) is 22.5 Å². The van der Waals surface area contributed by atoms with E-state index in [-0.39, 0.29) is 6.61 Å². The highest BCUT2D eigenvalue weighted by molar-refractivity contribution is 8.01. The fraction of sp³-hybridized carbons (Fsp3) is 0.364. The largest absolute Gasteiger partial charge is 0.411 e. The molecule has 0 atom stereocenters. The van der Waals surface area contributed by atoms with Crippen LogP contribution in [-0.4, -0.2) is 30.1 Å². The number of alkyl halides is 3. The van der Waals surface area contributed by atoms with E-state index in [0.717, 1.165) is 14.6 Å². The molecule has 0 radical (unpaired) electrons. The Bertz CT molecular complexity index is 556. The molecule has 0 aliphatic rings. The lowest BCUT2D eigenvalue weighted by Crippen LogP contribution is -2.17. The van der Waals surface area contributed by atoms with Crippen LogP contribution < -0.4 is 5.73 Å². The molecular weight excluding hydrogens is 297 g/mol. The molecule has 0 unspecified atom stereocenters. The minimum Gasteiger partial charge on any atom is -0.399 e. The molecule has 1 aromatic carbocycles. The van der Waals surface area contributed by atoms with Gasteiger partial charge in [-0.25, -0.2) is 4.98 Å². The van der Waals surface area contributed by atoms with Crippen molar-refractivity contribution in [3.8, 4) is 0 Å². The minimum absolute atomic E-state index is 0.0439. The number of benzene rings is 1. The highest BCUT2D eigenvalue weighted by Crippen LogP contribution is 2.30. The van der Waals surface area contributed by atoms with E-state index < -0.39 is 12.8 Å². The number of thioether (sulfide) groups is 1. The van der Waals surface area contributed by atoms with Crippen molar-refractivity contribution < 1.29 is 17.9 Å². The smallest absolute Gasteiger partial charge is 0.399 e. The SMILES string of the molecule is Nc1ccc2nc(SCCOCC(F)(F)F)sc2c1. The van der Waals surface area contributed by atoms with Crippen LogP contribution in [0.4, 0.5) is 18.9 Å². The van der Waals surface area contributed by atoms with Gasteiger partial charge in [0.2, 0.25) is 0 Å². The molecule has 2 rings (SSSR count). The van der Waals surface area contributed by atoms with Gasteiger partial charge in [-0.1, -0.05) is 11.8 Å². The molecule has 2 N–H and O–H groups in total. The lowest BCUT2D eigenvalue weighted by molar-refractivity contribution is -0.172. The summed E-state index contributed by atoms with van der Waals surface area (Å²) in [5, 5.41) is 0. The maximum atomic E-state index is 11.8. The summed E-state index contributed by atoms with van der Waals surface area (Å²) in [6.45, 7) is -1.16. The second kappa shape index (κ2) is 5.98. The molecule has 0 amide bonds. The molecule has 0 aliphatic heterocycles. The van der Waals surface area contributed by atoms with Gasteiger partial charge in [-0.05, 0) is 18.2 Å². The number of ether oxygens (including phenoxy) is 1. The van der Waals surface area contributed by atoms with Crippen molar-refractivity contribution in [2.24, 2.45) is 0 Å². The van der Waals surface area contributed by atoms with Crippen molar-refractivity contribution in [3.05, 3.63) is 18.2 Å². The summed E-state index contributed by atoms with van der Waals surface area (Å²) in [5.74, 6) is 0.436. The number of hydrogen-bond acceptors (Lipinski definition) is 5. The summed E-state index contributed by atoms with van der Waals surface area (Å²) in [4.78, 5) is 4.35. The Morgan fingerprint density at radius 1 is 1.37 bits per heavy atom. The van der Waals surface area contributed by atoms with E-state index in [2.05, 4.69) is 9.72 Å². The van der Waals surface area contributed by atoms with E-state index in [9.17, 15) is 13.2 Å². The van der Waals surface area contributed by atoms with Crippen LogP contribution in [0.5, 0.6) is 0 Å². The Morgan fingerprint density at radius 2 is 2.16 bits per heavy atom. The summed E-state index contributed by atoms with van der Waals surface area (Å²) >= 11 is 2.85. The number of fused-ring (bicyclic) bond motifs is 1. The van der Waals surface area contributed by atoms with Crippen molar-refractivity contribution in [2.75, 3.05) is 24.7 Å². The average Bonchev–Trinajstić information content (AvgIpc) is 2.68. The quantitative estimate of drug-likeness (QED) is 0.521. The first-order valence-electron chi connectivity index (χ1n) is 5.37. The maximum Gasteiger partial charge on any atom is 0.411 e. The number of nitrogens with two attached hydrogens (primary N) is 1. The van der Waals surface area contributed by atoms with Crippen molar-refractivity contribution in [3.63, 3.8) is 0 Å². The third-order valence-corrected chi connectivity index (χ3v) is 4.24. The zero-order chi connectivity index (χ0) is 13.9. The van der Waals surface area contributed by atoms with Crippen molar-refractivity contribution in [1.82, 2.24) is 4.98 Å². The summed E-state index contributed by atoms with van der Waals surface area (Å²) in [7, 11) is 0. The number of rotatable bonds is 5. The summed E-state index contributed by atoms with van der Waals surface area (Å²) in [5.41, 5.74) is 7.17. The van der Waals surface area contributed by atoms with E-state index in [4.69, 9.17) is 5.73 Å². The van der Waals surface area contributed by atoms with E-state index in [1.165, 1.54) is 23.1 Å². The second-order valence-electron chi connectivity index (χ2n) is 3.72. The van der Waals surface area contributed by atoms with Crippen molar-refractivity contribution in [1.29, 1.82) is 0 Å². The second-order valence-corrected chi connectivity index (χ2v) is 6.10.